The van der Waals surface area contributed by atoms with Crippen LogP contribution in [0.15, 0.2) is 41.3 Å². The maximum Gasteiger partial charge on any atom is 0.335 e. The van der Waals surface area contributed by atoms with Crippen LogP contribution in [0.3, 0.4) is 0 Å². The molecule has 0 fully saturated rings. The Morgan fingerprint density at radius 3 is 2.48 bits per heavy atom. The van der Waals surface area contributed by atoms with Gasteiger partial charge in [-0.05, 0) is 31.2 Å². The van der Waals surface area contributed by atoms with Crippen molar-refractivity contribution in [2.75, 3.05) is 11.8 Å². The van der Waals surface area contributed by atoms with E-state index in [2.05, 4.69) is 4.72 Å². The fourth-order valence-corrected chi connectivity index (χ4v) is 3.16. The molecule has 25 heavy (non-hydrogen) atoms. The largest absolute Gasteiger partial charge is 0.495 e. The normalized spacial score (nSPS) is 11.0. The minimum absolute atomic E-state index is 0.0920. The monoisotopic (exact) mass is 366 g/mol. The zero-order valence-corrected chi connectivity index (χ0v) is 14.0. The Bertz CT molecular complexity index is 954. The van der Waals surface area contributed by atoms with Gasteiger partial charge in [-0.15, -0.1) is 0 Å². The number of aryl methyl sites for hydroxylation is 1. The molecule has 0 atom stereocenters. The number of nitrogens with one attached hydrogen (secondary N) is 1. The maximum absolute atomic E-state index is 12.5. The molecule has 0 aromatic heterocycles. The zero-order valence-electron chi connectivity index (χ0n) is 13.2. The van der Waals surface area contributed by atoms with E-state index >= 15 is 0 Å². The van der Waals surface area contributed by atoms with Crippen LogP contribution in [-0.2, 0) is 10.0 Å². The Labute approximate surface area is 143 Å². The predicted octanol–water partition coefficient (Wildman–Crippen LogP) is 2.41. The molecule has 0 amide bonds. The summed E-state index contributed by atoms with van der Waals surface area (Å²) in [5.74, 6) is -1.13. The van der Waals surface area contributed by atoms with Crippen molar-refractivity contribution >= 4 is 27.4 Å². The van der Waals surface area contributed by atoms with Crippen LogP contribution in [0.2, 0.25) is 0 Å². The average molecular weight is 366 g/mol. The number of aromatic carboxylic acids is 1. The number of nitrogens with zero attached hydrogens (tertiary/aromatic N) is 1. The van der Waals surface area contributed by atoms with E-state index in [1.54, 1.807) is 0 Å². The molecule has 0 spiro atoms. The molecular formula is C15H14N2O7S. The molecule has 0 unspecified atom stereocenters. The number of methoxy groups -OCH3 is 1. The number of carboxylic acids is 1. The van der Waals surface area contributed by atoms with Crippen LogP contribution in [0, 0.1) is 17.0 Å². The van der Waals surface area contributed by atoms with Crippen molar-refractivity contribution in [1.82, 2.24) is 0 Å². The summed E-state index contributed by atoms with van der Waals surface area (Å²) in [6, 6.07) is 7.14. The molecule has 0 heterocycles. The van der Waals surface area contributed by atoms with E-state index in [0.29, 0.717) is 5.56 Å². The number of sulfonamides is 1. The van der Waals surface area contributed by atoms with Gasteiger partial charge in [0.1, 0.15) is 5.75 Å². The van der Waals surface area contributed by atoms with Gasteiger partial charge < -0.3 is 9.84 Å². The molecule has 2 rings (SSSR count). The number of ether oxygens (including phenoxy) is 1. The molecule has 132 valence electrons. The number of nitro groups is 1. The minimum atomic E-state index is -4.19. The van der Waals surface area contributed by atoms with Crippen LogP contribution in [0.5, 0.6) is 5.75 Å². The number of hydrogen-bond donors (Lipinski definition) is 2. The Morgan fingerprint density at radius 2 is 1.92 bits per heavy atom. The molecule has 0 aliphatic rings. The molecule has 0 bridgehead atoms. The SMILES string of the molecule is COc1ccc(C(=O)O)cc1NS(=O)(=O)c1ccc(C)c([N+](=O)[O-])c1. The van der Waals surface area contributed by atoms with Gasteiger partial charge in [-0.1, -0.05) is 6.07 Å². The molecule has 0 aliphatic heterocycles. The van der Waals surface area contributed by atoms with Crippen LogP contribution in [0.1, 0.15) is 15.9 Å². The Balaban J connectivity index is 2.49. The van der Waals surface area contributed by atoms with Crippen molar-refractivity contribution in [2.24, 2.45) is 0 Å². The second kappa shape index (κ2) is 6.77. The van der Waals surface area contributed by atoms with Crippen molar-refractivity contribution in [3.63, 3.8) is 0 Å². The topological polar surface area (TPSA) is 136 Å². The van der Waals surface area contributed by atoms with Crippen LogP contribution < -0.4 is 9.46 Å². The van der Waals surface area contributed by atoms with Crippen molar-refractivity contribution in [3.8, 4) is 5.75 Å². The average Bonchev–Trinajstić information content (AvgIpc) is 2.54. The van der Waals surface area contributed by atoms with Gasteiger partial charge in [0, 0.05) is 11.6 Å². The van der Waals surface area contributed by atoms with E-state index in [9.17, 15) is 23.3 Å². The maximum atomic E-state index is 12.5. The molecule has 2 aromatic carbocycles. The second-order valence-corrected chi connectivity index (χ2v) is 6.71. The van der Waals surface area contributed by atoms with Gasteiger partial charge in [0.25, 0.3) is 15.7 Å². The first-order valence-electron chi connectivity index (χ1n) is 6.85. The quantitative estimate of drug-likeness (QED) is 0.592. The molecule has 0 saturated heterocycles. The van der Waals surface area contributed by atoms with E-state index < -0.39 is 20.9 Å². The first-order valence-corrected chi connectivity index (χ1v) is 8.33. The fourth-order valence-electron chi connectivity index (χ4n) is 2.08. The Kier molecular flexibility index (Phi) is 4.93. The van der Waals surface area contributed by atoms with Gasteiger partial charge in [-0.25, -0.2) is 13.2 Å². The van der Waals surface area contributed by atoms with Crippen LogP contribution in [-0.4, -0.2) is 31.5 Å². The third-order valence-electron chi connectivity index (χ3n) is 3.38. The number of hydrogen-bond acceptors (Lipinski definition) is 6. The molecule has 2 N–H and O–H groups in total. The van der Waals surface area contributed by atoms with E-state index in [4.69, 9.17) is 9.84 Å². The lowest BCUT2D eigenvalue weighted by molar-refractivity contribution is -0.385. The van der Waals surface area contributed by atoms with Gasteiger partial charge in [-0.2, -0.15) is 0 Å². The highest BCUT2D eigenvalue weighted by atomic mass is 32.2. The lowest BCUT2D eigenvalue weighted by Gasteiger charge is -2.13. The summed E-state index contributed by atoms with van der Waals surface area (Å²) >= 11 is 0. The van der Waals surface area contributed by atoms with Crippen molar-refractivity contribution < 1.29 is 28.0 Å². The standard InChI is InChI=1S/C15H14N2O7S/c1-9-3-5-11(8-13(9)17(20)21)25(22,23)16-12-7-10(15(18)19)4-6-14(12)24-2/h3-8,16H,1-2H3,(H,18,19). The molecule has 0 aliphatic carbocycles. The van der Waals surface area contributed by atoms with Crippen molar-refractivity contribution in [3.05, 3.63) is 57.6 Å². The summed E-state index contributed by atoms with van der Waals surface area (Å²) in [4.78, 5) is 21.0. The van der Waals surface area contributed by atoms with Crippen LogP contribution in [0.4, 0.5) is 11.4 Å². The molecule has 0 saturated carbocycles. The lowest BCUT2D eigenvalue weighted by Crippen LogP contribution is -2.14. The molecule has 0 radical (unpaired) electrons. The molecule has 9 nitrogen and oxygen atoms in total. The highest BCUT2D eigenvalue weighted by molar-refractivity contribution is 7.92. The van der Waals surface area contributed by atoms with E-state index in [1.807, 2.05) is 0 Å². The lowest BCUT2D eigenvalue weighted by atomic mass is 10.2. The van der Waals surface area contributed by atoms with Gasteiger partial charge in [-0.3, -0.25) is 14.8 Å². The van der Waals surface area contributed by atoms with E-state index in [-0.39, 0.29) is 27.6 Å². The van der Waals surface area contributed by atoms with Gasteiger partial charge in [0.05, 0.1) is 28.2 Å². The smallest absolute Gasteiger partial charge is 0.335 e. The third kappa shape index (κ3) is 3.86. The number of benzene rings is 2. The molecule has 10 heteroatoms. The van der Waals surface area contributed by atoms with E-state index in [0.717, 1.165) is 12.1 Å². The summed E-state index contributed by atoms with van der Waals surface area (Å²) < 4.78 is 32.2. The fraction of sp³-hybridized carbons (Fsp3) is 0.133. The summed E-state index contributed by atoms with van der Waals surface area (Å²) in [5, 5.41) is 20.0. The Hall–Kier alpha value is -3.14. The summed E-state index contributed by atoms with van der Waals surface area (Å²) in [7, 11) is -2.89. The van der Waals surface area contributed by atoms with Crippen LogP contribution in [0.25, 0.3) is 0 Å². The number of rotatable bonds is 6. The minimum Gasteiger partial charge on any atom is -0.495 e. The third-order valence-corrected chi connectivity index (χ3v) is 4.74. The summed E-state index contributed by atoms with van der Waals surface area (Å²) in [6.07, 6.45) is 0. The van der Waals surface area contributed by atoms with E-state index in [1.165, 1.54) is 38.3 Å². The zero-order chi connectivity index (χ0) is 18.8. The first kappa shape index (κ1) is 18.2. The van der Waals surface area contributed by atoms with Crippen molar-refractivity contribution in [2.45, 2.75) is 11.8 Å². The second-order valence-electron chi connectivity index (χ2n) is 5.03. The predicted molar refractivity (Wildman–Crippen MR) is 88.6 cm³/mol. The van der Waals surface area contributed by atoms with Gasteiger partial charge in [0.15, 0.2) is 0 Å². The number of anilines is 1. The summed E-state index contributed by atoms with van der Waals surface area (Å²) in [6.45, 7) is 1.49. The number of carbonyl (C=O) groups is 1. The summed E-state index contributed by atoms with van der Waals surface area (Å²) in [5.41, 5.74) is -0.262. The number of carboxylic acid groups (broad SMARTS) is 1. The van der Waals surface area contributed by atoms with Gasteiger partial charge in [0.2, 0.25) is 0 Å². The number of nitro benzene ring substituents is 1. The van der Waals surface area contributed by atoms with Crippen molar-refractivity contribution in [1.29, 1.82) is 0 Å². The Morgan fingerprint density at radius 1 is 1.24 bits per heavy atom. The highest BCUT2D eigenvalue weighted by Crippen LogP contribution is 2.29. The van der Waals surface area contributed by atoms with Gasteiger partial charge >= 0.3 is 5.97 Å². The highest BCUT2D eigenvalue weighted by Gasteiger charge is 2.22. The molecular weight excluding hydrogens is 352 g/mol. The molecule has 2 aromatic rings. The van der Waals surface area contributed by atoms with Crippen LogP contribution >= 0.6 is 0 Å². The first-order chi connectivity index (χ1) is 11.7.